The second-order valence-electron chi connectivity index (χ2n) is 5.34. The number of ether oxygens (including phenoxy) is 2. The van der Waals surface area contributed by atoms with E-state index in [4.69, 9.17) is 32.1 Å². The zero-order valence-corrected chi connectivity index (χ0v) is 15.4. The van der Waals surface area contributed by atoms with Crippen molar-refractivity contribution in [2.24, 2.45) is 0 Å². The number of carbonyl (C=O) groups is 1. The number of nitrogens with zero attached hydrogens (tertiary/aromatic N) is 1. The number of hydrogen-bond acceptors (Lipinski definition) is 6. The molecule has 0 heterocycles. The molecule has 0 aliphatic heterocycles. The van der Waals surface area contributed by atoms with Crippen molar-refractivity contribution >= 4 is 28.9 Å². The number of nitrogens with one attached hydrogen (secondary N) is 2. The Morgan fingerprint density at radius 2 is 1.96 bits per heavy atom. The van der Waals surface area contributed by atoms with Gasteiger partial charge in [-0.05, 0) is 42.5 Å². The van der Waals surface area contributed by atoms with Gasteiger partial charge in [-0.3, -0.25) is 4.79 Å². The van der Waals surface area contributed by atoms with Gasteiger partial charge in [0.1, 0.15) is 29.7 Å². The molecular weight excluding hydrogens is 368 g/mol. The van der Waals surface area contributed by atoms with Gasteiger partial charge in [0.05, 0.1) is 17.8 Å². The summed E-state index contributed by atoms with van der Waals surface area (Å²) in [6.45, 7) is 0.764. The maximum atomic E-state index is 12.2. The average molecular weight is 387 g/mol. The number of hydrogen-bond donors (Lipinski definition) is 3. The van der Waals surface area contributed by atoms with Crippen LogP contribution in [0.2, 0.25) is 5.02 Å². The highest BCUT2D eigenvalue weighted by atomic mass is 35.5. The van der Waals surface area contributed by atoms with Crippen LogP contribution in [0.1, 0.15) is 0 Å². The van der Waals surface area contributed by atoms with E-state index in [-0.39, 0.29) is 5.57 Å². The molecule has 0 saturated carbocycles. The van der Waals surface area contributed by atoms with E-state index in [1.54, 1.807) is 43.5 Å². The Kier molecular flexibility index (Phi) is 7.35. The number of amides is 1. The van der Waals surface area contributed by atoms with Crippen molar-refractivity contribution in [1.29, 1.82) is 5.26 Å². The molecule has 0 saturated heterocycles. The molecule has 2 rings (SSSR count). The molecule has 0 bridgehead atoms. The van der Waals surface area contributed by atoms with Crippen LogP contribution in [-0.2, 0) is 4.79 Å². The molecule has 0 aromatic heterocycles. The van der Waals surface area contributed by atoms with Gasteiger partial charge in [0.2, 0.25) is 0 Å². The Labute approximate surface area is 162 Å². The van der Waals surface area contributed by atoms with Crippen molar-refractivity contribution < 1.29 is 14.3 Å². The van der Waals surface area contributed by atoms with Gasteiger partial charge < -0.3 is 25.8 Å². The quantitative estimate of drug-likeness (QED) is 0.278. The molecule has 2 aromatic carbocycles. The number of rotatable bonds is 8. The fraction of sp³-hybridized carbons (Fsp3) is 0.158. The van der Waals surface area contributed by atoms with Crippen LogP contribution in [0.4, 0.5) is 11.4 Å². The van der Waals surface area contributed by atoms with Crippen molar-refractivity contribution in [3.8, 4) is 17.6 Å². The molecule has 0 unspecified atom stereocenters. The summed E-state index contributed by atoms with van der Waals surface area (Å²) in [5.74, 6) is 0.861. The third-order valence-corrected chi connectivity index (χ3v) is 3.74. The minimum absolute atomic E-state index is 0.0904. The van der Waals surface area contributed by atoms with Gasteiger partial charge >= 0.3 is 0 Å². The minimum Gasteiger partial charge on any atom is -0.497 e. The molecule has 1 amide bonds. The SMILES string of the molecule is COc1ccc(OCCN/C=C(/C#N)C(=O)Nc2ccc(N)cc2Cl)cc1. The Morgan fingerprint density at radius 1 is 1.26 bits per heavy atom. The van der Waals surface area contributed by atoms with Crippen LogP contribution in [0, 0.1) is 11.3 Å². The zero-order chi connectivity index (χ0) is 19.6. The molecule has 0 fully saturated rings. The van der Waals surface area contributed by atoms with E-state index in [0.717, 1.165) is 5.75 Å². The zero-order valence-electron chi connectivity index (χ0n) is 14.7. The number of nitriles is 1. The molecule has 7 nitrogen and oxygen atoms in total. The summed E-state index contributed by atoms with van der Waals surface area (Å²) < 4.78 is 10.6. The smallest absolute Gasteiger partial charge is 0.267 e. The first-order valence-electron chi connectivity index (χ1n) is 8.00. The molecule has 0 aliphatic carbocycles. The van der Waals surface area contributed by atoms with E-state index < -0.39 is 5.91 Å². The van der Waals surface area contributed by atoms with Crippen LogP contribution < -0.4 is 25.8 Å². The van der Waals surface area contributed by atoms with Crippen molar-refractivity contribution in [2.45, 2.75) is 0 Å². The summed E-state index contributed by atoms with van der Waals surface area (Å²) in [4.78, 5) is 12.2. The highest BCUT2D eigenvalue weighted by Crippen LogP contribution is 2.24. The predicted octanol–water partition coefficient (Wildman–Crippen LogP) is 2.95. The second-order valence-corrected chi connectivity index (χ2v) is 5.75. The number of carbonyl (C=O) groups excluding carboxylic acids is 1. The molecular formula is C19H19ClN4O3. The molecule has 0 radical (unpaired) electrons. The van der Waals surface area contributed by atoms with E-state index in [1.165, 1.54) is 12.3 Å². The standard InChI is InChI=1S/C19H19ClN4O3/c1-26-15-3-5-16(6-4-15)27-9-8-23-12-13(11-21)19(25)24-18-7-2-14(22)10-17(18)20/h2-7,10,12,23H,8-9,22H2,1H3,(H,24,25)/b13-12-. The van der Waals surface area contributed by atoms with Crippen LogP contribution in [0.25, 0.3) is 0 Å². The topological polar surface area (TPSA) is 109 Å². The number of nitrogens with two attached hydrogens (primary N) is 1. The van der Waals surface area contributed by atoms with Gasteiger partial charge in [-0.2, -0.15) is 5.26 Å². The van der Waals surface area contributed by atoms with E-state index in [2.05, 4.69) is 10.6 Å². The molecule has 0 atom stereocenters. The predicted molar refractivity (Wildman–Crippen MR) is 105 cm³/mol. The van der Waals surface area contributed by atoms with Crippen LogP contribution in [0.5, 0.6) is 11.5 Å². The van der Waals surface area contributed by atoms with Gasteiger partial charge in [0, 0.05) is 18.4 Å². The lowest BCUT2D eigenvalue weighted by Crippen LogP contribution is -2.20. The van der Waals surface area contributed by atoms with E-state index in [1.807, 2.05) is 6.07 Å². The van der Waals surface area contributed by atoms with E-state index in [9.17, 15) is 4.79 Å². The van der Waals surface area contributed by atoms with Crippen LogP contribution >= 0.6 is 11.6 Å². The lowest BCUT2D eigenvalue weighted by atomic mass is 10.2. The summed E-state index contributed by atoms with van der Waals surface area (Å²) >= 11 is 6.01. The molecule has 2 aromatic rings. The van der Waals surface area contributed by atoms with Crippen molar-refractivity contribution in [3.63, 3.8) is 0 Å². The molecule has 0 aliphatic rings. The fourth-order valence-electron chi connectivity index (χ4n) is 2.04. The Balaban J connectivity index is 1.82. The number of nitrogen functional groups attached to an aromatic ring is 1. The first kappa shape index (κ1) is 19.9. The fourth-order valence-corrected chi connectivity index (χ4v) is 2.28. The molecule has 8 heteroatoms. The summed E-state index contributed by atoms with van der Waals surface area (Å²) in [6.07, 6.45) is 1.33. The van der Waals surface area contributed by atoms with Gasteiger partial charge in [-0.25, -0.2) is 0 Å². The number of benzene rings is 2. The largest absolute Gasteiger partial charge is 0.497 e. The van der Waals surface area contributed by atoms with Crippen molar-refractivity contribution in [1.82, 2.24) is 5.32 Å². The van der Waals surface area contributed by atoms with E-state index in [0.29, 0.717) is 35.3 Å². The third-order valence-electron chi connectivity index (χ3n) is 3.43. The van der Waals surface area contributed by atoms with E-state index >= 15 is 0 Å². The molecule has 140 valence electrons. The maximum Gasteiger partial charge on any atom is 0.267 e. The number of halogens is 1. The first-order chi connectivity index (χ1) is 13.0. The Hall–Kier alpha value is -3.37. The number of methoxy groups -OCH3 is 1. The van der Waals surface area contributed by atoms with Crippen LogP contribution in [0.3, 0.4) is 0 Å². The summed E-state index contributed by atoms with van der Waals surface area (Å²) in [7, 11) is 1.59. The van der Waals surface area contributed by atoms with Gasteiger partial charge in [-0.1, -0.05) is 11.6 Å². The van der Waals surface area contributed by atoms with Crippen LogP contribution in [0.15, 0.2) is 54.2 Å². The highest BCUT2D eigenvalue weighted by Gasteiger charge is 2.11. The lowest BCUT2D eigenvalue weighted by molar-refractivity contribution is -0.112. The van der Waals surface area contributed by atoms with Crippen LogP contribution in [-0.4, -0.2) is 26.2 Å². The molecule has 27 heavy (non-hydrogen) atoms. The normalized spacial score (nSPS) is 10.6. The summed E-state index contributed by atoms with van der Waals surface area (Å²) in [6, 6.07) is 13.7. The summed E-state index contributed by atoms with van der Waals surface area (Å²) in [5.41, 5.74) is 6.37. The summed E-state index contributed by atoms with van der Waals surface area (Å²) in [5, 5.41) is 14.9. The second kappa shape index (κ2) is 9.94. The Bertz CT molecular complexity index is 860. The van der Waals surface area contributed by atoms with Crippen molar-refractivity contribution in [2.75, 3.05) is 31.3 Å². The molecule has 0 spiro atoms. The lowest BCUT2D eigenvalue weighted by Gasteiger charge is -2.08. The van der Waals surface area contributed by atoms with Gasteiger partial charge in [0.15, 0.2) is 0 Å². The van der Waals surface area contributed by atoms with Crippen molar-refractivity contribution in [3.05, 3.63) is 59.3 Å². The van der Waals surface area contributed by atoms with Gasteiger partial charge in [0.25, 0.3) is 5.91 Å². The third kappa shape index (κ3) is 6.13. The first-order valence-corrected chi connectivity index (χ1v) is 8.38. The van der Waals surface area contributed by atoms with Gasteiger partial charge in [-0.15, -0.1) is 0 Å². The molecule has 4 N–H and O–H groups in total. The minimum atomic E-state index is -0.576. The monoisotopic (exact) mass is 386 g/mol. The maximum absolute atomic E-state index is 12.2. The number of anilines is 2. The highest BCUT2D eigenvalue weighted by molar-refractivity contribution is 6.34. The average Bonchev–Trinajstić information content (AvgIpc) is 2.67. The Morgan fingerprint density at radius 3 is 2.59 bits per heavy atom.